The Balaban J connectivity index is 1.54. The summed E-state index contributed by atoms with van der Waals surface area (Å²) in [5.74, 6) is 1.76. The maximum Gasteiger partial charge on any atom is 0.131 e. The van der Waals surface area contributed by atoms with E-state index in [1.54, 1.807) is 24.0 Å². The summed E-state index contributed by atoms with van der Waals surface area (Å²) in [6, 6.07) is 12.3. The fraction of sp³-hybridized carbons (Fsp3) is 0.421. The molecule has 24 heavy (non-hydrogen) atoms. The van der Waals surface area contributed by atoms with Crippen LogP contribution in [0.4, 0.5) is 0 Å². The number of ether oxygens (including phenoxy) is 2. The maximum atomic E-state index is 5.52. The number of nitrogens with one attached hydrogen (secondary N) is 2. The van der Waals surface area contributed by atoms with Crippen molar-refractivity contribution in [2.45, 2.75) is 13.1 Å². The summed E-state index contributed by atoms with van der Waals surface area (Å²) in [6.45, 7) is 6.76. The molecule has 3 rings (SSSR count). The molecule has 0 saturated carbocycles. The molecule has 128 valence electrons. The molecule has 1 aliphatic heterocycles. The molecule has 5 heteroatoms. The average Bonchev–Trinajstić information content (AvgIpc) is 2.64. The highest BCUT2D eigenvalue weighted by Crippen LogP contribution is 2.23. The van der Waals surface area contributed by atoms with E-state index in [-0.39, 0.29) is 0 Å². The number of methoxy groups -OCH3 is 2. The van der Waals surface area contributed by atoms with Gasteiger partial charge in [-0.05, 0) is 24.3 Å². The molecule has 5 nitrogen and oxygen atoms in total. The Morgan fingerprint density at radius 1 is 0.917 bits per heavy atom. The number of benzene rings is 1. The van der Waals surface area contributed by atoms with Gasteiger partial charge in [-0.1, -0.05) is 6.07 Å². The van der Waals surface area contributed by atoms with Gasteiger partial charge in [-0.25, -0.2) is 0 Å². The van der Waals surface area contributed by atoms with Crippen LogP contribution in [0.5, 0.6) is 11.5 Å². The van der Waals surface area contributed by atoms with Crippen LogP contribution in [-0.2, 0) is 13.1 Å². The molecule has 2 aromatic rings. The first-order valence-electron chi connectivity index (χ1n) is 8.56. The summed E-state index contributed by atoms with van der Waals surface area (Å²) in [7, 11) is 3.41. The van der Waals surface area contributed by atoms with Crippen LogP contribution in [0.25, 0.3) is 0 Å². The Hall–Kier alpha value is -2.11. The Labute approximate surface area is 143 Å². The van der Waals surface area contributed by atoms with Crippen molar-refractivity contribution >= 4 is 0 Å². The molecule has 2 N–H and O–H groups in total. The van der Waals surface area contributed by atoms with Gasteiger partial charge < -0.3 is 19.3 Å². The zero-order valence-electron chi connectivity index (χ0n) is 14.5. The van der Waals surface area contributed by atoms with E-state index >= 15 is 0 Å². The number of hydrogen-bond donors (Lipinski definition) is 2. The van der Waals surface area contributed by atoms with Gasteiger partial charge in [-0.2, -0.15) is 0 Å². The summed E-state index contributed by atoms with van der Waals surface area (Å²) in [5, 5.41) is 0. The summed E-state index contributed by atoms with van der Waals surface area (Å²) in [5.41, 5.74) is 2.44. The molecule has 2 heterocycles. The minimum atomic E-state index is 0.843. The lowest BCUT2D eigenvalue weighted by Gasteiger charge is -2.29. The highest BCUT2D eigenvalue weighted by Gasteiger charge is 2.24. The van der Waals surface area contributed by atoms with E-state index in [0.717, 1.165) is 24.6 Å². The van der Waals surface area contributed by atoms with Crippen molar-refractivity contribution in [1.29, 1.82) is 0 Å². The van der Waals surface area contributed by atoms with Gasteiger partial charge in [0.1, 0.15) is 50.8 Å². The van der Waals surface area contributed by atoms with E-state index in [1.165, 1.54) is 37.4 Å². The van der Waals surface area contributed by atoms with Crippen molar-refractivity contribution in [2.75, 3.05) is 40.4 Å². The Kier molecular flexibility index (Phi) is 5.67. The van der Waals surface area contributed by atoms with Gasteiger partial charge in [0.15, 0.2) is 0 Å². The largest absolute Gasteiger partial charge is 0.497 e. The molecule has 1 aromatic carbocycles. The van der Waals surface area contributed by atoms with Crippen molar-refractivity contribution < 1.29 is 19.3 Å². The number of quaternary nitrogens is 2. The van der Waals surface area contributed by atoms with E-state index in [1.807, 2.05) is 24.4 Å². The third kappa shape index (κ3) is 4.24. The van der Waals surface area contributed by atoms with Crippen molar-refractivity contribution in [3.05, 3.63) is 53.9 Å². The summed E-state index contributed by atoms with van der Waals surface area (Å²) in [6.07, 6.45) is 1.88. The zero-order chi connectivity index (χ0) is 16.8. The third-order valence-electron chi connectivity index (χ3n) is 4.76. The number of rotatable bonds is 6. The normalized spacial score (nSPS) is 20.6. The molecule has 1 saturated heterocycles. The van der Waals surface area contributed by atoms with Crippen molar-refractivity contribution in [1.82, 2.24) is 4.98 Å². The third-order valence-corrected chi connectivity index (χ3v) is 4.76. The number of nitrogens with zero attached hydrogens (tertiary/aromatic N) is 1. The second kappa shape index (κ2) is 8.13. The fourth-order valence-corrected chi connectivity index (χ4v) is 3.34. The Bertz CT molecular complexity index is 640. The predicted octanol–water partition coefficient (Wildman–Crippen LogP) is -0.418. The molecule has 0 amide bonds. The average molecular weight is 329 g/mol. The van der Waals surface area contributed by atoms with Crippen LogP contribution in [0.3, 0.4) is 0 Å². The molecule has 1 aromatic heterocycles. The molecule has 0 radical (unpaired) electrons. The van der Waals surface area contributed by atoms with Gasteiger partial charge in [-0.3, -0.25) is 4.98 Å². The van der Waals surface area contributed by atoms with Gasteiger partial charge in [0.05, 0.1) is 19.9 Å². The fourth-order valence-electron chi connectivity index (χ4n) is 3.34. The molecule has 0 unspecified atom stereocenters. The number of aromatic nitrogens is 1. The smallest absolute Gasteiger partial charge is 0.131 e. The molecule has 1 fully saturated rings. The SMILES string of the molecule is COc1ccc(C[NH+]2CC[NH+](Cc3ccccn3)CC2)c(OC)c1. The first kappa shape index (κ1) is 16.7. The lowest BCUT2D eigenvalue weighted by Crippen LogP contribution is -3.27. The lowest BCUT2D eigenvalue weighted by atomic mass is 10.1. The number of pyridine rings is 1. The van der Waals surface area contributed by atoms with Crippen molar-refractivity contribution in [2.24, 2.45) is 0 Å². The monoisotopic (exact) mass is 329 g/mol. The summed E-state index contributed by atoms with van der Waals surface area (Å²) in [4.78, 5) is 7.68. The second-order valence-corrected chi connectivity index (χ2v) is 6.35. The highest BCUT2D eigenvalue weighted by molar-refractivity contribution is 5.40. The highest BCUT2D eigenvalue weighted by atomic mass is 16.5. The van der Waals surface area contributed by atoms with Gasteiger partial charge >= 0.3 is 0 Å². The van der Waals surface area contributed by atoms with Crippen LogP contribution in [0.1, 0.15) is 11.3 Å². The van der Waals surface area contributed by atoms with Crippen LogP contribution in [0.2, 0.25) is 0 Å². The number of hydrogen-bond acceptors (Lipinski definition) is 3. The van der Waals surface area contributed by atoms with Gasteiger partial charge in [0.25, 0.3) is 0 Å². The maximum absolute atomic E-state index is 5.52. The molecular formula is C19H27N3O2+2. The molecule has 0 spiro atoms. The Morgan fingerprint density at radius 3 is 2.29 bits per heavy atom. The first-order valence-corrected chi connectivity index (χ1v) is 8.56. The van der Waals surface area contributed by atoms with Crippen LogP contribution >= 0.6 is 0 Å². The minimum Gasteiger partial charge on any atom is -0.497 e. The van der Waals surface area contributed by atoms with Crippen molar-refractivity contribution in [3.8, 4) is 11.5 Å². The second-order valence-electron chi connectivity index (χ2n) is 6.35. The molecule has 0 bridgehead atoms. The minimum absolute atomic E-state index is 0.843. The summed E-state index contributed by atoms with van der Waals surface area (Å²) < 4.78 is 10.8. The first-order chi connectivity index (χ1) is 11.8. The topological polar surface area (TPSA) is 40.2 Å². The van der Waals surface area contributed by atoms with Crippen molar-refractivity contribution in [3.63, 3.8) is 0 Å². The number of piperazine rings is 1. The van der Waals surface area contributed by atoms with Crippen LogP contribution < -0.4 is 19.3 Å². The van der Waals surface area contributed by atoms with E-state index in [4.69, 9.17) is 9.47 Å². The van der Waals surface area contributed by atoms with E-state index in [0.29, 0.717) is 0 Å². The molecule has 1 aliphatic rings. The van der Waals surface area contributed by atoms with Crippen LogP contribution in [-0.4, -0.2) is 45.4 Å². The van der Waals surface area contributed by atoms with Crippen LogP contribution in [0, 0.1) is 0 Å². The summed E-state index contributed by atoms with van der Waals surface area (Å²) >= 11 is 0. The van der Waals surface area contributed by atoms with Gasteiger partial charge in [-0.15, -0.1) is 0 Å². The zero-order valence-corrected chi connectivity index (χ0v) is 14.5. The van der Waals surface area contributed by atoms with E-state index in [2.05, 4.69) is 23.2 Å². The van der Waals surface area contributed by atoms with Gasteiger partial charge in [0, 0.05) is 17.8 Å². The van der Waals surface area contributed by atoms with Crippen LogP contribution in [0.15, 0.2) is 42.6 Å². The predicted molar refractivity (Wildman–Crippen MR) is 92.6 cm³/mol. The van der Waals surface area contributed by atoms with E-state index < -0.39 is 0 Å². The van der Waals surface area contributed by atoms with Gasteiger partial charge in [0.2, 0.25) is 0 Å². The standard InChI is InChI=1S/C19H25N3O2/c1-23-18-7-6-16(19(13-18)24-2)14-21-9-11-22(12-10-21)15-17-5-3-4-8-20-17/h3-8,13H,9-12,14-15H2,1-2H3/p+2. The molecule has 0 aliphatic carbocycles. The lowest BCUT2D eigenvalue weighted by molar-refractivity contribution is -1.02. The molecule has 0 atom stereocenters. The Morgan fingerprint density at radius 2 is 1.67 bits per heavy atom. The molecular weight excluding hydrogens is 302 g/mol. The van der Waals surface area contributed by atoms with E-state index in [9.17, 15) is 0 Å². The quantitative estimate of drug-likeness (QED) is 0.756.